The van der Waals surface area contributed by atoms with Crippen LogP contribution >= 0.6 is 11.3 Å². The largest absolute Gasteiger partial charge is 0.381 e. The quantitative estimate of drug-likeness (QED) is 0.905. The minimum Gasteiger partial charge on any atom is -0.381 e. The van der Waals surface area contributed by atoms with Gasteiger partial charge in [0.1, 0.15) is 0 Å². The molecule has 0 saturated carbocycles. The number of nitrogens with one attached hydrogen (secondary N) is 1. The van der Waals surface area contributed by atoms with Crippen LogP contribution in [-0.2, 0) is 11.8 Å². The molecule has 1 saturated heterocycles. The molecule has 3 heterocycles. The second-order valence-corrected chi connectivity index (χ2v) is 5.49. The number of thiazole rings is 1. The molecular formula is C11H16N4OS. The Kier molecular flexibility index (Phi) is 2.76. The molecule has 1 aliphatic heterocycles. The van der Waals surface area contributed by atoms with Gasteiger partial charge in [-0.15, -0.1) is 0 Å². The number of aromatic nitrogens is 3. The van der Waals surface area contributed by atoms with E-state index in [1.807, 2.05) is 18.7 Å². The first-order valence-electron chi connectivity index (χ1n) is 5.86. The van der Waals surface area contributed by atoms with E-state index in [9.17, 15) is 0 Å². The minimum absolute atomic E-state index is 0.626. The molecule has 0 amide bonds. The van der Waals surface area contributed by atoms with E-state index in [1.54, 1.807) is 11.3 Å². The predicted molar refractivity (Wildman–Crippen MR) is 68.5 cm³/mol. The zero-order valence-electron chi connectivity index (χ0n) is 10.1. The van der Waals surface area contributed by atoms with Gasteiger partial charge in [-0.2, -0.15) is 5.10 Å². The van der Waals surface area contributed by atoms with Crippen molar-refractivity contribution in [3.8, 4) is 0 Å². The Labute approximate surface area is 104 Å². The summed E-state index contributed by atoms with van der Waals surface area (Å²) in [5.41, 5.74) is 2.02. The van der Waals surface area contributed by atoms with Crippen molar-refractivity contribution in [3.63, 3.8) is 0 Å². The number of ether oxygens (including phenoxy) is 1. The summed E-state index contributed by atoms with van der Waals surface area (Å²) in [5.74, 6) is 0.626. The first-order valence-corrected chi connectivity index (χ1v) is 6.67. The van der Waals surface area contributed by atoms with Crippen LogP contribution in [0.4, 0.5) is 5.13 Å². The van der Waals surface area contributed by atoms with Crippen LogP contribution in [0.3, 0.4) is 0 Å². The van der Waals surface area contributed by atoms with E-state index in [0.29, 0.717) is 5.92 Å². The molecule has 1 N–H and O–H groups in total. The molecule has 0 aromatic carbocycles. The molecule has 92 valence electrons. The third-order valence-corrected chi connectivity index (χ3v) is 4.22. The summed E-state index contributed by atoms with van der Waals surface area (Å²) < 4.78 is 8.37. The fraction of sp³-hybridized carbons (Fsp3) is 0.636. The minimum atomic E-state index is 0.626. The maximum absolute atomic E-state index is 5.36. The Morgan fingerprint density at radius 3 is 3.18 bits per heavy atom. The van der Waals surface area contributed by atoms with Crippen LogP contribution in [-0.4, -0.2) is 34.5 Å². The Bertz CT molecular complexity index is 492. The highest BCUT2D eigenvalue weighted by molar-refractivity contribution is 7.22. The number of anilines is 1. The summed E-state index contributed by atoms with van der Waals surface area (Å²) in [6.45, 7) is 4.75. The highest BCUT2D eigenvalue weighted by atomic mass is 32.1. The molecule has 0 aliphatic carbocycles. The molecule has 1 aliphatic rings. The highest BCUT2D eigenvalue weighted by Gasteiger charge is 2.17. The van der Waals surface area contributed by atoms with Crippen molar-refractivity contribution in [2.24, 2.45) is 13.0 Å². The van der Waals surface area contributed by atoms with E-state index in [1.165, 1.54) is 4.70 Å². The zero-order valence-corrected chi connectivity index (χ0v) is 10.9. The third kappa shape index (κ3) is 2.02. The average Bonchev–Trinajstić information content (AvgIpc) is 2.98. The smallest absolute Gasteiger partial charge is 0.185 e. The normalized spacial score (nSPS) is 20.2. The molecular weight excluding hydrogens is 236 g/mol. The lowest BCUT2D eigenvalue weighted by Crippen LogP contribution is -2.13. The van der Waals surface area contributed by atoms with Gasteiger partial charge in [0.15, 0.2) is 10.8 Å². The van der Waals surface area contributed by atoms with E-state index < -0.39 is 0 Å². The van der Waals surface area contributed by atoms with Gasteiger partial charge in [0.2, 0.25) is 0 Å². The lowest BCUT2D eigenvalue weighted by atomic mass is 10.1. The molecule has 5 nitrogen and oxygen atoms in total. The van der Waals surface area contributed by atoms with Crippen molar-refractivity contribution in [3.05, 3.63) is 5.69 Å². The second-order valence-electron chi connectivity index (χ2n) is 4.49. The van der Waals surface area contributed by atoms with Crippen LogP contribution < -0.4 is 5.32 Å². The summed E-state index contributed by atoms with van der Waals surface area (Å²) in [6, 6.07) is 0. The maximum atomic E-state index is 5.36. The molecule has 1 unspecified atom stereocenters. The SMILES string of the molecule is Cc1nn(C)c2nc(NCC3CCOC3)sc12. The molecule has 6 heteroatoms. The molecule has 0 radical (unpaired) electrons. The topological polar surface area (TPSA) is 52.0 Å². The number of hydrogen-bond donors (Lipinski definition) is 1. The summed E-state index contributed by atoms with van der Waals surface area (Å²) in [5, 5.41) is 8.74. The van der Waals surface area contributed by atoms with Crippen molar-refractivity contribution in [1.29, 1.82) is 0 Å². The average molecular weight is 252 g/mol. The standard InChI is InChI=1S/C11H16N4OS/c1-7-9-10(15(2)14-7)13-11(17-9)12-5-8-3-4-16-6-8/h8H,3-6H2,1-2H3,(H,12,13). The van der Waals surface area contributed by atoms with Crippen molar-refractivity contribution in [2.75, 3.05) is 25.1 Å². The number of hydrogen-bond acceptors (Lipinski definition) is 5. The number of fused-ring (bicyclic) bond motifs is 1. The van der Waals surface area contributed by atoms with Crippen molar-refractivity contribution < 1.29 is 4.74 Å². The van der Waals surface area contributed by atoms with Crippen LogP contribution in [0.5, 0.6) is 0 Å². The monoisotopic (exact) mass is 252 g/mol. The Hall–Kier alpha value is -1.14. The Morgan fingerprint density at radius 1 is 1.59 bits per heavy atom. The van der Waals surface area contributed by atoms with Crippen LogP contribution in [0.1, 0.15) is 12.1 Å². The number of nitrogens with zero attached hydrogens (tertiary/aromatic N) is 3. The molecule has 0 spiro atoms. The fourth-order valence-electron chi connectivity index (χ4n) is 2.14. The molecule has 3 rings (SSSR count). The van der Waals surface area contributed by atoms with Crippen LogP contribution in [0.25, 0.3) is 10.3 Å². The molecule has 2 aromatic heterocycles. The fourth-order valence-corrected chi connectivity index (χ4v) is 3.07. The van der Waals surface area contributed by atoms with Crippen LogP contribution in [0.2, 0.25) is 0 Å². The predicted octanol–water partition coefficient (Wildman–Crippen LogP) is 1.79. The lowest BCUT2D eigenvalue weighted by Gasteiger charge is -2.07. The van der Waals surface area contributed by atoms with Gasteiger partial charge in [0, 0.05) is 26.1 Å². The summed E-state index contributed by atoms with van der Waals surface area (Å²) >= 11 is 1.68. The first-order chi connectivity index (χ1) is 8.24. The molecule has 0 bridgehead atoms. The van der Waals surface area contributed by atoms with Gasteiger partial charge in [-0.05, 0) is 13.3 Å². The third-order valence-electron chi connectivity index (χ3n) is 3.11. The molecule has 1 fully saturated rings. The molecule has 1 atom stereocenters. The zero-order chi connectivity index (χ0) is 11.8. The van der Waals surface area contributed by atoms with E-state index in [-0.39, 0.29) is 0 Å². The number of rotatable bonds is 3. The summed E-state index contributed by atoms with van der Waals surface area (Å²) in [6.07, 6.45) is 1.15. The maximum Gasteiger partial charge on any atom is 0.185 e. The molecule has 17 heavy (non-hydrogen) atoms. The van der Waals surface area contributed by atoms with Gasteiger partial charge >= 0.3 is 0 Å². The van der Waals surface area contributed by atoms with Gasteiger partial charge < -0.3 is 10.1 Å². The van der Waals surface area contributed by atoms with Gasteiger partial charge in [0.05, 0.1) is 17.0 Å². The second kappa shape index (κ2) is 4.27. The highest BCUT2D eigenvalue weighted by Crippen LogP contribution is 2.28. The summed E-state index contributed by atoms with van der Waals surface area (Å²) in [4.78, 5) is 4.56. The van der Waals surface area contributed by atoms with Gasteiger partial charge in [0.25, 0.3) is 0 Å². The van der Waals surface area contributed by atoms with Crippen LogP contribution in [0, 0.1) is 12.8 Å². The Morgan fingerprint density at radius 2 is 2.47 bits per heavy atom. The molecule has 2 aromatic rings. The van der Waals surface area contributed by atoms with Gasteiger partial charge in [-0.3, -0.25) is 0 Å². The van der Waals surface area contributed by atoms with E-state index in [2.05, 4.69) is 15.4 Å². The first kappa shape index (κ1) is 11.0. The van der Waals surface area contributed by atoms with Gasteiger partial charge in [-0.1, -0.05) is 11.3 Å². The summed E-state index contributed by atoms with van der Waals surface area (Å²) in [7, 11) is 1.93. The van der Waals surface area contributed by atoms with Crippen LogP contribution in [0.15, 0.2) is 0 Å². The van der Waals surface area contributed by atoms with E-state index in [0.717, 1.165) is 42.7 Å². The van der Waals surface area contributed by atoms with Crippen molar-refractivity contribution >= 4 is 26.8 Å². The van der Waals surface area contributed by atoms with Gasteiger partial charge in [-0.25, -0.2) is 9.67 Å². The lowest BCUT2D eigenvalue weighted by molar-refractivity contribution is 0.187. The number of aryl methyl sites for hydroxylation is 2. The van der Waals surface area contributed by atoms with E-state index in [4.69, 9.17) is 4.74 Å². The Balaban J connectivity index is 1.74. The van der Waals surface area contributed by atoms with E-state index >= 15 is 0 Å². The van der Waals surface area contributed by atoms with Crippen molar-refractivity contribution in [2.45, 2.75) is 13.3 Å². The van der Waals surface area contributed by atoms with Crippen molar-refractivity contribution in [1.82, 2.24) is 14.8 Å².